The maximum Gasteiger partial charge on any atom is 0.429 e. The molecule has 0 atom stereocenters. The lowest BCUT2D eigenvalue weighted by atomic mass is 10.2. The SMILES string of the molecule is CC(C)(C)OC(=O)N(Cc1ccccc1)NC(=O)c1cc(C(F)F)on1. The van der Waals surface area contributed by atoms with E-state index in [4.69, 9.17) is 4.74 Å². The highest BCUT2D eigenvalue weighted by molar-refractivity contribution is 5.93. The zero-order valence-electron chi connectivity index (χ0n) is 14.5. The highest BCUT2D eigenvalue weighted by Gasteiger charge is 2.26. The van der Waals surface area contributed by atoms with Crippen LogP contribution in [-0.4, -0.2) is 27.8 Å². The van der Waals surface area contributed by atoms with Crippen LogP contribution in [0.3, 0.4) is 0 Å². The number of carbonyl (C=O) groups is 2. The van der Waals surface area contributed by atoms with Crippen LogP contribution in [0.5, 0.6) is 0 Å². The van der Waals surface area contributed by atoms with E-state index in [1.165, 1.54) is 0 Å². The van der Waals surface area contributed by atoms with Crippen LogP contribution in [-0.2, 0) is 11.3 Å². The van der Waals surface area contributed by atoms with E-state index in [0.29, 0.717) is 0 Å². The van der Waals surface area contributed by atoms with Gasteiger partial charge in [0.25, 0.3) is 12.3 Å². The summed E-state index contributed by atoms with van der Waals surface area (Å²) in [6.45, 7) is 5.06. The summed E-state index contributed by atoms with van der Waals surface area (Å²) in [4.78, 5) is 24.6. The molecule has 1 aromatic carbocycles. The smallest absolute Gasteiger partial charge is 0.429 e. The van der Waals surface area contributed by atoms with Gasteiger partial charge >= 0.3 is 6.09 Å². The molecule has 1 N–H and O–H groups in total. The van der Waals surface area contributed by atoms with Crippen LogP contribution >= 0.6 is 0 Å². The Morgan fingerprint density at radius 2 is 1.92 bits per heavy atom. The fourth-order valence-electron chi connectivity index (χ4n) is 1.91. The van der Waals surface area contributed by atoms with Gasteiger partial charge in [-0.3, -0.25) is 10.2 Å². The van der Waals surface area contributed by atoms with Crippen LogP contribution in [0.15, 0.2) is 40.9 Å². The molecule has 0 bridgehead atoms. The molecule has 0 unspecified atom stereocenters. The number of hydrogen-bond donors (Lipinski definition) is 1. The minimum absolute atomic E-state index is 0.0149. The number of hydrazine groups is 1. The Hall–Kier alpha value is -2.97. The number of aromatic nitrogens is 1. The molecule has 1 heterocycles. The second-order valence-electron chi connectivity index (χ2n) is 6.41. The molecular weight excluding hydrogens is 348 g/mol. The highest BCUT2D eigenvalue weighted by atomic mass is 19.3. The fraction of sp³-hybridized carbons (Fsp3) is 0.353. The van der Waals surface area contributed by atoms with Gasteiger partial charge in [0.05, 0.1) is 6.54 Å². The van der Waals surface area contributed by atoms with Gasteiger partial charge in [-0.15, -0.1) is 0 Å². The predicted octanol–water partition coefficient (Wildman–Crippen LogP) is 3.69. The standard InChI is InChI=1S/C17H19F2N3O4/c1-17(2,3)25-16(24)22(10-11-7-5-4-6-8-11)20-15(23)12-9-13(14(18)19)26-21-12/h4-9,14H,10H2,1-3H3,(H,20,23). The first-order valence-corrected chi connectivity index (χ1v) is 7.76. The third kappa shape index (κ3) is 5.54. The number of alkyl halides is 2. The number of carbonyl (C=O) groups excluding carboxylic acids is 2. The van der Waals surface area contributed by atoms with Gasteiger partial charge in [0.1, 0.15) is 5.60 Å². The Bertz CT molecular complexity index is 757. The molecule has 0 aliphatic carbocycles. The van der Waals surface area contributed by atoms with Gasteiger partial charge in [0.2, 0.25) is 5.76 Å². The summed E-state index contributed by atoms with van der Waals surface area (Å²) in [7, 11) is 0. The van der Waals surface area contributed by atoms with Crippen molar-refractivity contribution in [2.75, 3.05) is 0 Å². The lowest BCUT2D eigenvalue weighted by Crippen LogP contribution is -2.47. The van der Waals surface area contributed by atoms with Crippen molar-refractivity contribution in [3.63, 3.8) is 0 Å². The highest BCUT2D eigenvalue weighted by Crippen LogP contribution is 2.19. The number of benzene rings is 1. The fourth-order valence-corrected chi connectivity index (χ4v) is 1.91. The van der Waals surface area contributed by atoms with Gasteiger partial charge in [-0.2, -0.15) is 0 Å². The molecule has 26 heavy (non-hydrogen) atoms. The molecule has 2 rings (SSSR count). The zero-order valence-corrected chi connectivity index (χ0v) is 14.5. The molecule has 0 aliphatic rings. The summed E-state index contributed by atoms with van der Waals surface area (Å²) in [6, 6.07) is 9.69. The van der Waals surface area contributed by atoms with Gasteiger partial charge in [0, 0.05) is 6.07 Å². The van der Waals surface area contributed by atoms with Gasteiger partial charge < -0.3 is 9.26 Å². The lowest BCUT2D eigenvalue weighted by Gasteiger charge is -2.27. The van der Waals surface area contributed by atoms with Crippen LogP contribution in [0.2, 0.25) is 0 Å². The molecule has 2 amide bonds. The Morgan fingerprint density at radius 3 is 2.46 bits per heavy atom. The quantitative estimate of drug-likeness (QED) is 0.833. The summed E-state index contributed by atoms with van der Waals surface area (Å²) in [6.07, 6.45) is -3.69. The van der Waals surface area contributed by atoms with Crippen molar-refractivity contribution in [1.82, 2.24) is 15.6 Å². The van der Waals surface area contributed by atoms with Crippen LogP contribution in [0, 0.1) is 0 Å². The van der Waals surface area contributed by atoms with Crippen molar-refractivity contribution >= 4 is 12.0 Å². The third-order valence-electron chi connectivity index (χ3n) is 3.01. The predicted molar refractivity (Wildman–Crippen MR) is 87.1 cm³/mol. The second-order valence-corrected chi connectivity index (χ2v) is 6.41. The van der Waals surface area contributed by atoms with Gasteiger partial charge in [0.15, 0.2) is 5.69 Å². The van der Waals surface area contributed by atoms with Crippen molar-refractivity contribution in [3.8, 4) is 0 Å². The molecule has 2 aromatic rings. The van der Waals surface area contributed by atoms with Crippen LogP contribution in [0.25, 0.3) is 0 Å². The minimum Gasteiger partial charge on any atom is -0.442 e. The second kappa shape index (κ2) is 7.94. The van der Waals surface area contributed by atoms with E-state index >= 15 is 0 Å². The number of hydrogen-bond acceptors (Lipinski definition) is 5. The van der Waals surface area contributed by atoms with Crippen molar-refractivity contribution in [1.29, 1.82) is 0 Å². The topological polar surface area (TPSA) is 84.7 Å². The molecule has 0 aliphatic heterocycles. The Labute approximate surface area is 148 Å². The first-order chi connectivity index (χ1) is 12.2. The largest absolute Gasteiger partial charge is 0.442 e. The number of nitrogens with zero attached hydrogens (tertiary/aromatic N) is 2. The third-order valence-corrected chi connectivity index (χ3v) is 3.01. The molecule has 1 aromatic heterocycles. The molecule has 0 radical (unpaired) electrons. The van der Waals surface area contributed by atoms with E-state index in [0.717, 1.165) is 16.6 Å². The van der Waals surface area contributed by atoms with Gasteiger partial charge in [-0.05, 0) is 26.3 Å². The van der Waals surface area contributed by atoms with Crippen LogP contribution in [0.4, 0.5) is 13.6 Å². The van der Waals surface area contributed by atoms with Gasteiger partial charge in [-0.1, -0.05) is 35.5 Å². The average Bonchev–Trinajstić information content (AvgIpc) is 3.04. The summed E-state index contributed by atoms with van der Waals surface area (Å²) < 4.78 is 34.8. The molecule has 140 valence electrons. The molecule has 0 spiro atoms. The molecule has 0 fully saturated rings. The lowest BCUT2D eigenvalue weighted by molar-refractivity contribution is 0.0111. The molecule has 0 saturated carbocycles. The number of ether oxygens (including phenoxy) is 1. The van der Waals surface area contributed by atoms with Crippen molar-refractivity contribution in [2.24, 2.45) is 0 Å². The Morgan fingerprint density at radius 1 is 1.27 bits per heavy atom. The molecule has 0 saturated heterocycles. The van der Waals surface area contributed by atoms with E-state index in [9.17, 15) is 18.4 Å². The summed E-state index contributed by atoms with van der Waals surface area (Å²) in [5.74, 6) is -1.61. The van der Waals surface area contributed by atoms with E-state index in [2.05, 4.69) is 15.1 Å². The van der Waals surface area contributed by atoms with Crippen molar-refractivity contribution in [2.45, 2.75) is 39.3 Å². The van der Waals surface area contributed by atoms with Crippen molar-refractivity contribution in [3.05, 3.63) is 53.4 Å². The maximum absolute atomic E-state index is 12.6. The normalized spacial score (nSPS) is 11.3. The Balaban J connectivity index is 2.16. The maximum atomic E-state index is 12.6. The van der Waals surface area contributed by atoms with Gasteiger partial charge in [-0.25, -0.2) is 18.6 Å². The monoisotopic (exact) mass is 367 g/mol. The van der Waals surface area contributed by atoms with E-state index < -0.39 is 29.8 Å². The number of nitrogens with one attached hydrogen (secondary N) is 1. The number of rotatable bonds is 4. The molecular formula is C17H19F2N3O4. The molecule has 9 heteroatoms. The summed E-state index contributed by atoms with van der Waals surface area (Å²) in [5.41, 5.74) is 1.88. The van der Waals surface area contributed by atoms with E-state index in [1.807, 2.05) is 0 Å². The Kier molecular flexibility index (Phi) is 5.91. The van der Waals surface area contributed by atoms with Crippen LogP contribution < -0.4 is 5.43 Å². The molecule has 7 nitrogen and oxygen atoms in total. The minimum atomic E-state index is -2.89. The first-order valence-electron chi connectivity index (χ1n) is 7.76. The number of halogens is 2. The van der Waals surface area contributed by atoms with Crippen molar-refractivity contribution < 1.29 is 27.6 Å². The summed E-state index contributed by atoms with van der Waals surface area (Å²) in [5, 5.41) is 4.23. The van der Waals surface area contributed by atoms with E-state index in [1.54, 1.807) is 51.1 Å². The number of amides is 2. The first kappa shape index (κ1) is 19.4. The van der Waals surface area contributed by atoms with E-state index in [-0.39, 0.29) is 12.2 Å². The zero-order chi connectivity index (χ0) is 19.3. The van der Waals surface area contributed by atoms with Crippen LogP contribution in [0.1, 0.15) is 49.0 Å². The average molecular weight is 367 g/mol. The summed E-state index contributed by atoms with van der Waals surface area (Å²) >= 11 is 0.